The molecule has 1 aromatic rings. The maximum atomic E-state index is 11.8. The average Bonchev–Trinajstić information content (AvgIpc) is 2.57. The van der Waals surface area contributed by atoms with E-state index in [1.54, 1.807) is 0 Å². The fraction of sp³-hybridized carbons (Fsp3) is 0.417. The molecule has 1 atom stereocenters. The second kappa shape index (κ2) is 4.88. The van der Waals surface area contributed by atoms with E-state index < -0.39 is 0 Å². The fourth-order valence-electron chi connectivity index (χ4n) is 1.89. The topological polar surface area (TPSA) is 20.3 Å². The van der Waals surface area contributed by atoms with Crippen molar-refractivity contribution in [3.8, 4) is 0 Å². The van der Waals surface area contributed by atoms with Crippen LogP contribution < -0.4 is 4.90 Å². The summed E-state index contributed by atoms with van der Waals surface area (Å²) in [6.07, 6.45) is 1.59. The van der Waals surface area contributed by atoms with Crippen LogP contribution in [0.4, 0.5) is 5.69 Å². The standard InChI is InChI=1S/C12H13Br2NO/c1-2-8-3-4-11(10(14)5-8)15-7-9(13)6-12(15)16/h3-5,9H,2,6-7H2,1H3. The summed E-state index contributed by atoms with van der Waals surface area (Å²) in [6.45, 7) is 2.87. The lowest BCUT2D eigenvalue weighted by molar-refractivity contribution is -0.117. The number of nitrogens with zero attached hydrogens (tertiary/aromatic N) is 1. The van der Waals surface area contributed by atoms with Crippen LogP contribution in [0.15, 0.2) is 22.7 Å². The van der Waals surface area contributed by atoms with E-state index in [9.17, 15) is 4.79 Å². The Hall–Kier alpha value is -0.350. The molecule has 0 radical (unpaired) electrons. The van der Waals surface area contributed by atoms with Crippen molar-refractivity contribution in [2.24, 2.45) is 0 Å². The highest BCUT2D eigenvalue weighted by Crippen LogP contribution is 2.32. The van der Waals surface area contributed by atoms with Gasteiger partial charge in [-0.25, -0.2) is 0 Å². The van der Waals surface area contributed by atoms with Crippen LogP contribution >= 0.6 is 31.9 Å². The Labute approximate surface area is 112 Å². The van der Waals surface area contributed by atoms with Crippen LogP contribution in [0.2, 0.25) is 0 Å². The van der Waals surface area contributed by atoms with Crippen molar-refractivity contribution in [2.75, 3.05) is 11.4 Å². The Bertz CT molecular complexity index is 419. The van der Waals surface area contributed by atoms with E-state index in [4.69, 9.17) is 0 Å². The summed E-state index contributed by atoms with van der Waals surface area (Å²) in [5, 5.41) is 0. The van der Waals surface area contributed by atoms with Gasteiger partial charge in [-0.05, 0) is 40.0 Å². The SMILES string of the molecule is CCc1ccc(N2CC(Br)CC2=O)c(Br)c1. The molecule has 2 nitrogen and oxygen atoms in total. The van der Waals surface area contributed by atoms with Gasteiger partial charge in [-0.15, -0.1) is 0 Å². The van der Waals surface area contributed by atoms with Crippen LogP contribution in [0, 0.1) is 0 Å². The molecule has 1 amide bonds. The van der Waals surface area contributed by atoms with Crippen LogP contribution in [0.25, 0.3) is 0 Å². The van der Waals surface area contributed by atoms with Crippen molar-refractivity contribution in [3.05, 3.63) is 28.2 Å². The van der Waals surface area contributed by atoms with Crippen molar-refractivity contribution in [1.82, 2.24) is 0 Å². The second-order valence-electron chi connectivity index (χ2n) is 3.95. The smallest absolute Gasteiger partial charge is 0.228 e. The minimum Gasteiger partial charge on any atom is -0.310 e. The zero-order valence-electron chi connectivity index (χ0n) is 9.04. The maximum absolute atomic E-state index is 11.8. The molecule has 0 aromatic heterocycles. The van der Waals surface area contributed by atoms with Gasteiger partial charge in [-0.1, -0.05) is 28.9 Å². The summed E-state index contributed by atoms with van der Waals surface area (Å²) < 4.78 is 1.00. The monoisotopic (exact) mass is 345 g/mol. The van der Waals surface area contributed by atoms with Gasteiger partial charge >= 0.3 is 0 Å². The lowest BCUT2D eigenvalue weighted by Gasteiger charge is -2.18. The van der Waals surface area contributed by atoms with Crippen LogP contribution in [-0.2, 0) is 11.2 Å². The molecule has 86 valence electrons. The van der Waals surface area contributed by atoms with Crippen LogP contribution in [0.1, 0.15) is 18.9 Å². The van der Waals surface area contributed by atoms with Crippen LogP contribution in [0.5, 0.6) is 0 Å². The zero-order valence-corrected chi connectivity index (χ0v) is 12.2. The van der Waals surface area contributed by atoms with Gasteiger partial charge in [-0.2, -0.15) is 0 Å². The normalized spacial score (nSPS) is 20.6. The van der Waals surface area contributed by atoms with Crippen molar-refractivity contribution in [3.63, 3.8) is 0 Å². The minimum atomic E-state index is 0.187. The van der Waals surface area contributed by atoms with Gasteiger partial charge < -0.3 is 4.90 Å². The van der Waals surface area contributed by atoms with Crippen LogP contribution in [-0.4, -0.2) is 17.3 Å². The molecule has 1 unspecified atom stereocenters. The van der Waals surface area contributed by atoms with Gasteiger partial charge in [0.1, 0.15) is 0 Å². The first kappa shape index (κ1) is 12.1. The molecule has 16 heavy (non-hydrogen) atoms. The lowest BCUT2D eigenvalue weighted by Crippen LogP contribution is -2.24. The highest BCUT2D eigenvalue weighted by Gasteiger charge is 2.29. The number of carbonyl (C=O) groups is 1. The molecular weight excluding hydrogens is 334 g/mol. The summed E-state index contributed by atoms with van der Waals surface area (Å²) in [6, 6.07) is 6.19. The van der Waals surface area contributed by atoms with Gasteiger partial charge in [0.25, 0.3) is 0 Å². The molecule has 1 fully saturated rings. The number of hydrogen-bond donors (Lipinski definition) is 0. The van der Waals surface area contributed by atoms with E-state index in [0.717, 1.165) is 23.1 Å². The maximum Gasteiger partial charge on any atom is 0.228 e. The predicted molar refractivity (Wildman–Crippen MR) is 73.2 cm³/mol. The molecule has 1 saturated heterocycles. The number of anilines is 1. The van der Waals surface area contributed by atoms with Gasteiger partial charge in [-0.3, -0.25) is 4.79 Å². The lowest BCUT2D eigenvalue weighted by atomic mass is 10.1. The molecule has 0 spiro atoms. The molecule has 4 heteroatoms. The van der Waals surface area contributed by atoms with E-state index >= 15 is 0 Å². The van der Waals surface area contributed by atoms with Crippen molar-refractivity contribution < 1.29 is 4.79 Å². The van der Waals surface area contributed by atoms with Gasteiger partial charge in [0.15, 0.2) is 0 Å². The van der Waals surface area contributed by atoms with E-state index in [-0.39, 0.29) is 10.7 Å². The number of carbonyl (C=O) groups excluding carboxylic acids is 1. The molecule has 1 aliphatic heterocycles. The van der Waals surface area contributed by atoms with E-state index in [1.807, 2.05) is 11.0 Å². The Morgan fingerprint density at radius 3 is 2.75 bits per heavy atom. The van der Waals surface area contributed by atoms with E-state index in [1.165, 1.54) is 5.56 Å². The first-order chi connectivity index (χ1) is 7.61. The van der Waals surface area contributed by atoms with Crippen molar-refractivity contribution in [2.45, 2.75) is 24.6 Å². The number of hydrogen-bond acceptors (Lipinski definition) is 1. The Kier molecular flexibility index (Phi) is 3.70. The van der Waals surface area contributed by atoms with Crippen LogP contribution in [0.3, 0.4) is 0 Å². The second-order valence-corrected chi connectivity index (χ2v) is 6.09. The number of amides is 1. The molecule has 0 bridgehead atoms. The van der Waals surface area contributed by atoms with E-state index in [2.05, 4.69) is 50.9 Å². The number of halogens is 2. The third kappa shape index (κ3) is 2.33. The first-order valence-electron chi connectivity index (χ1n) is 5.34. The zero-order chi connectivity index (χ0) is 11.7. The quantitative estimate of drug-likeness (QED) is 0.750. The molecule has 1 heterocycles. The molecule has 1 aliphatic rings. The number of benzene rings is 1. The number of rotatable bonds is 2. The van der Waals surface area contributed by atoms with Gasteiger partial charge in [0, 0.05) is 22.3 Å². The van der Waals surface area contributed by atoms with Crippen molar-refractivity contribution in [1.29, 1.82) is 0 Å². The fourth-order valence-corrected chi connectivity index (χ4v) is 3.09. The third-order valence-electron chi connectivity index (χ3n) is 2.79. The summed E-state index contributed by atoms with van der Waals surface area (Å²) in [5.74, 6) is 0.187. The highest BCUT2D eigenvalue weighted by atomic mass is 79.9. The summed E-state index contributed by atoms with van der Waals surface area (Å²) in [4.78, 5) is 13.9. The molecule has 1 aromatic carbocycles. The van der Waals surface area contributed by atoms with E-state index in [0.29, 0.717) is 6.42 Å². The Morgan fingerprint density at radius 2 is 2.25 bits per heavy atom. The first-order valence-corrected chi connectivity index (χ1v) is 7.05. The Balaban J connectivity index is 2.30. The molecule has 0 N–H and O–H groups in total. The molecular formula is C12H13Br2NO. The van der Waals surface area contributed by atoms with Gasteiger partial charge in [0.2, 0.25) is 5.91 Å². The summed E-state index contributed by atoms with van der Waals surface area (Å²) >= 11 is 7.03. The average molecular weight is 347 g/mol. The molecule has 0 saturated carbocycles. The van der Waals surface area contributed by atoms with Crippen molar-refractivity contribution >= 4 is 43.5 Å². The molecule has 0 aliphatic carbocycles. The summed E-state index contributed by atoms with van der Waals surface area (Å²) in [7, 11) is 0. The summed E-state index contributed by atoms with van der Waals surface area (Å²) in [5.41, 5.74) is 2.25. The number of alkyl halides is 1. The predicted octanol–water partition coefficient (Wildman–Crippen LogP) is 3.51. The van der Waals surface area contributed by atoms with Gasteiger partial charge in [0.05, 0.1) is 5.69 Å². The number of aryl methyl sites for hydroxylation is 1. The largest absolute Gasteiger partial charge is 0.310 e. The highest BCUT2D eigenvalue weighted by molar-refractivity contribution is 9.10. The Morgan fingerprint density at radius 1 is 1.50 bits per heavy atom. The third-order valence-corrected chi connectivity index (χ3v) is 4.04. The molecule has 2 rings (SSSR count). The minimum absolute atomic E-state index is 0.187.